The number of ether oxygens (including phenoxy) is 1. The summed E-state index contributed by atoms with van der Waals surface area (Å²) in [5, 5.41) is 0.883. The first-order valence-corrected chi connectivity index (χ1v) is 5.77. The summed E-state index contributed by atoms with van der Waals surface area (Å²) in [4.78, 5) is 12.0. The third-order valence-corrected chi connectivity index (χ3v) is 2.90. The van der Waals surface area contributed by atoms with Crippen molar-refractivity contribution in [3.05, 3.63) is 45.6 Å². The Balaban J connectivity index is 2.33. The Labute approximate surface area is 104 Å². The molecular weight excluding hydrogens is 247 g/mol. The Kier molecular flexibility index (Phi) is 3.52. The molecule has 0 saturated heterocycles. The SMILES string of the molecule is O=C(C1=CCCCO1)c1cc(Cl)ccc1Cl. The number of carbonyl (C=O) groups is 1. The molecule has 0 saturated carbocycles. The van der Waals surface area contributed by atoms with E-state index in [1.807, 2.05) is 0 Å². The van der Waals surface area contributed by atoms with Gasteiger partial charge in [-0.25, -0.2) is 0 Å². The molecule has 0 bridgehead atoms. The summed E-state index contributed by atoms with van der Waals surface area (Å²) in [5.74, 6) is 0.169. The number of hydrogen-bond donors (Lipinski definition) is 0. The van der Waals surface area contributed by atoms with Gasteiger partial charge in [0.2, 0.25) is 5.78 Å². The van der Waals surface area contributed by atoms with Gasteiger partial charge >= 0.3 is 0 Å². The number of Topliss-reactive ketones (excluding diaryl/α,β-unsaturated/α-hetero) is 1. The van der Waals surface area contributed by atoms with Crippen molar-refractivity contribution < 1.29 is 9.53 Å². The van der Waals surface area contributed by atoms with Crippen molar-refractivity contribution >= 4 is 29.0 Å². The number of ketones is 1. The van der Waals surface area contributed by atoms with Gasteiger partial charge in [0.15, 0.2) is 5.76 Å². The molecule has 4 heteroatoms. The summed E-state index contributed by atoms with van der Waals surface area (Å²) in [6.07, 6.45) is 3.60. The van der Waals surface area contributed by atoms with Crippen molar-refractivity contribution in [3.63, 3.8) is 0 Å². The maximum atomic E-state index is 12.0. The van der Waals surface area contributed by atoms with Gasteiger partial charge in [-0.15, -0.1) is 0 Å². The maximum Gasteiger partial charge on any atom is 0.228 e. The summed E-state index contributed by atoms with van der Waals surface area (Å²) < 4.78 is 5.30. The van der Waals surface area contributed by atoms with Crippen molar-refractivity contribution in [2.24, 2.45) is 0 Å². The van der Waals surface area contributed by atoms with Gasteiger partial charge in [0.1, 0.15) is 0 Å². The molecule has 0 spiro atoms. The highest BCUT2D eigenvalue weighted by molar-refractivity contribution is 6.36. The second kappa shape index (κ2) is 4.89. The number of halogens is 2. The van der Waals surface area contributed by atoms with E-state index in [0.29, 0.717) is 28.0 Å². The number of allylic oxidation sites excluding steroid dienone is 2. The predicted molar refractivity (Wildman–Crippen MR) is 64.1 cm³/mol. The molecule has 16 heavy (non-hydrogen) atoms. The van der Waals surface area contributed by atoms with Crippen molar-refractivity contribution in [3.8, 4) is 0 Å². The third-order valence-electron chi connectivity index (χ3n) is 2.33. The topological polar surface area (TPSA) is 26.3 Å². The van der Waals surface area contributed by atoms with Crippen LogP contribution in [0, 0.1) is 0 Å². The summed E-state index contributed by atoms with van der Waals surface area (Å²) in [5.41, 5.74) is 0.391. The normalized spacial score (nSPS) is 15.2. The zero-order valence-corrected chi connectivity index (χ0v) is 10.0. The molecule has 1 aromatic carbocycles. The van der Waals surface area contributed by atoms with Crippen molar-refractivity contribution in [2.75, 3.05) is 6.61 Å². The van der Waals surface area contributed by atoms with E-state index in [0.717, 1.165) is 12.8 Å². The fraction of sp³-hybridized carbons (Fsp3) is 0.250. The number of hydrogen-bond acceptors (Lipinski definition) is 2. The Morgan fingerprint density at radius 3 is 2.81 bits per heavy atom. The molecule has 84 valence electrons. The summed E-state index contributed by atoms with van der Waals surface area (Å²) >= 11 is 11.8. The molecule has 0 atom stereocenters. The summed E-state index contributed by atoms with van der Waals surface area (Å²) in [6.45, 7) is 0.579. The zero-order valence-electron chi connectivity index (χ0n) is 8.50. The lowest BCUT2D eigenvalue weighted by atomic mass is 10.1. The Morgan fingerprint density at radius 1 is 1.31 bits per heavy atom. The molecule has 1 aliphatic heterocycles. The molecule has 0 fully saturated rings. The molecule has 2 nitrogen and oxygen atoms in total. The van der Waals surface area contributed by atoms with Crippen LogP contribution >= 0.6 is 23.2 Å². The highest BCUT2D eigenvalue weighted by Crippen LogP contribution is 2.24. The van der Waals surface area contributed by atoms with Gasteiger partial charge < -0.3 is 4.74 Å². The van der Waals surface area contributed by atoms with Crippen LogP contribution in [0.25, 0.3) is 0 Å². The van der Waals surface area contributed by atoms with Crippen LogP contribution in [0.4, 0.5) is 0 Å². The minimum absolute atomic E-state index is 0.202. The Morgan fingerprint density at radius 2 is 2.12 bits per heavy atom. The molecule has 1 heterocycles. The van der Waals surface area contributed by atoms with Crippen molar-refractivity contribution in [2.45, 2.75) is 12.8 Å². The van der Waals surface area contributed by atoms with Crippen LogP contribution in [0.1, 0.15) is 23.2 Å². The first-order chi connectivity index (χ1) is 7.68. The minimum Gasteiger partial charge on any atom is -0.490 e. The van der Waals surface area contributed by atoms with Crippen LogP contribution in [0.2, 0.25) is 10.0 Å². The number of rotatable bonds is 2. The molecule has 0 amide bonds. The van der Waals surface area contributed by atoms with E-state index in [9.17, 15) is 4.79 Å². The third kappa shape index (κ3) is 2.39. The van der Waals surface area contributed by atoms with Gasteiger partial charge in [0.25, 0.3) is 0 Å². The zero-order chi connectivity index (χ0) is 11.5. The fourth-order valence-electron chi connectivity index (χ4n) is 1.52. The Hall–Kier alpha value is -0.990. The molecule has 1 aliphatic rings. The molecule has 0 aliphatic carbocycles. The van der Waals surface area contributed by atoms with E-state index in [-0.39, 0.29) is 5.78 Å². The van der Waals surface area contributed by atoms with E-state index >= 15 is 0 Å². The molecule has 0 aromatic heterocycles. The minimum atomic E-state index is -0.202. The maximum absolute atomic E-state index is 12.0. The summed E-state index contributed by atoms with van der Waals surface area (Å²) in [7, 11) is 0. The highest BCUT2D eigenvalue weighted by atomic mass is 35.5. The number of benzene rings is 1. The van der Waals surface area contributed by atoms with Gasteiger partial charge in [0, 0.05) is 10.6 Å². The average Bonchev–Trinajstić information content (AvgIpc) is 2.32. The van der Waals surface area contributed by atoms with Gasteiger partial charge in [-0.2, -0.15) is 0 Å². The van der Waals surface area contributed by atoms with Gasteiger partial charge in [0.05, 0.1) is 11.6 Å². The van der Waals surface area contributed by atoms with E-state index in [1.165, 1.54) is 0 Å². The summed E-state index contributed by atoms with van der Waals surface area (Å²) in [6, 6.07) is 4.82. The molecule has 0 unspecified atom stereocenters. The van der Waals surface area contributed by atoms with Crippen LogP contribution in [-0.2, 0) is 4.74 Å². The average molecular weight is 257 g/mol. The monoisotopic (exact) mass is 256 g/mol. The van der Waals surface area contributed by atoms with E-state index in [1.54, 1.807) is 24.3 Å². The van der Waals surface area contributed by atoms with Crippen LogP contribution in [-0.4, -0.2) is 12.4 Å². The molecule has 0 radical (unpaired) electrons. The first-order valence-electron chi connectivity index (χ1n) is 5.01. The largest absolute Gasteiger partial charge is 0.490 e. The van der Waals surface area contributed by atoms with Crippen molar-refractivity contribution in [1.29, 1.82) is 0 Å². The number of carbonyl (C=O) groups excluding carboxylic acids is 1. The van der Waals surface area contributed by atoms with Gasteiger partial charge in [-0.3, -0.25) is 4.79 Å². The van der Waals surface area contributed by atoms with Crippen LogP contribution < -0.4 is 0 Å². The molecule has 2 rings (SSSR count). The predicted octanol–water partition coefficient (Wildman–Crippen LogP) is 3.87. The smallest absolute Gasteiger partial charge is 0.228 e. The molecular formula is C12H10Cl2O2. The highest BCUT2D eigenvalue weighted by Gasteiger charge is 2.18. The lowest BCUT2D eigenvalue weighted by Crippen LogP contribution is -2.11. The van der Waals surface area contributed by atoms with Crippen LogP contribution in [0.15, 0.2) is 30.0 Å². The van der Waals surface area contributed by atoms with Gasteiger partial charge in [-0.1, -0.05) is 23.2 Å². The van der Waals surface area contributed by atoms with Gasteiger partial charge in [-0.05, 0) is 37.1 Å². The lowest BCUT2D eigenvalue weighted by Gasteiger charge is -2.14. The lowest BCUT2D eigenvalue weighted by molar-refractivity contribution is 0.0899. The van der Waals surface area contributed by atoms with Crippen LogP contribution in [0.5, 0.6) is 0 Å². The van der Waals surface area contributed by atoms with Crippen molar-refractivity contribution in [1.82, 2.24) is 0 Å². The van der Waals surface area contributed by atoms with E-state index < -0.39 is 0 Å². The van der Waals surface area contributed by atoms with Crippen LogP contribution in [0.3, 0.4) is 0 Å². The quantitative estimate of drug-likeness (QED) is 0.751. The fourth-order valence-corrected chi connectivity index (χ4v) is 1.90. The standard InChI is InChI=1S/C12H10Cl2O2/c13-8-4-5-10(14)9(7-8)12(15)11-3-1-2-6-16-11/h3-5,7H,1-2,6H2. The molecule has 1 aromatic rings. The molecule has 0 N–H and O–H groups in total. The second-order valence-corrected chi connectivity index (χ2v) is 4.36. The van der Waals surface area contributed by atoms with E-state index in [2.05, 4.69) is 0 Å². The van der Waals surface area contributed by atoms with E-state index in [4.69, 9.17) is 27.9 Å². The first kappa shape index (κ1) is 11.5. The second-order valence-electron chi connectivity index (χ2n) is 3.51. The Bertz CT molecular complexity index is 452.